The minimum absolute atomic E-state index is 0.170. The van der Waals surface area contributed by atoms with E-state index in [-0.39, 0.29) is 5.91 Å². The van der Waals surface area contributed by atoms with Gasteiger partial charge in [-0.25, -0.2) is 9.97 Å². The predicted octanol–water partition coefficient (Wildman–Crippen LogP) is 1.31. The zero-order chi connectivity index (χ0) is 14.1. The van der Waals surface area contributed by atoms with E-state index in [1.54, 1.807) is 19.4 Å². The van der Waals surface area contributed by atoms with Crippen LogP contribution < -0.4 is 10.6 Å². The van der Waals surface area contributed by atoms with Gasteiger partial charge in [-0.3, -0.25) is 4.79 Å². The molecule has 0 unspecified atom stereocenters. The van der Waals surface area contributed by atoms with Crippen molar-refractivity contribution in [3.05, 3.63) is 18.0 Å². The molecule has 0 radical (unpaired) electrons. The van der Waals surface area contributed by atoms with Gasteiger partial charge >= 0.3 is 0 Å². The molecule has 0 saturated heterocycles. The molecule has 0 aliphatic carbocycles. The maximum absolute atomic E-state index is 11.8. The van der Waals surface area contributed by atoms with E-state index in [1.165, 1.54) is 0 Å². The van der Waals surface area contributed by atoms with E-state index in [4.69, 9.17) is 4.74 Å². The summed E-state index contributed by atoms with van der Waals surface area (Å²) in [5.41, 5.74) is 0.380. The van der Waals surface area contributed by atoms with Gasteiger partial charge in [0.25, 0.3) is 5.91 Å². The fourth-order valence-electron chi connectivity index (χ4n) is 1.37. The first-order valence-electron chi connectivity index (χ1n) is 6.47. The number of ether oxygens (including phenoxy) is 1. The van der Waals surface area contributed by atoms with Crippen LogP contribution in [0.15, 0.2) is 12.3 Å². The Morgan fingerprint density at radius 1 is 1.47 bits per heavy atom. The number of methoxy groups -OCH3 is 1. The zero-order valence-corrected chi connectivity index (χ0v) is 11.8. The second kappa shape index (κ2) is 8.42. The number of aromatic nitrogens is 2. The molecule has 0 spiro atoms. The lowest BCUT2D eigenvalue weighted by Crippen LogP contribution is -2.28. The molecule has 1 aromatic heterocycles. The zero-order valence-electron chi connectivity index (χ0n) is 11.8. The van der Waals surface area contributed by atoms with E-state index in [0.717, 1.165) is 6.42 Å². The van der Waals surface area contributed by atoms with Crippen LogP contribution in [-0.2, 0) is 4.74 Å². The van der Waals surface area contributed by atoms with Crippen LogP contribution in [-0.4, -0.2) is 42.7 Å². The molecule has 0 saturated carbocycles. The van der Waals surface area contributed by atoms with Crippen LogP contribution in [0.1, 0.15) is 30.8 Å². The van der Waals surface area contributed by atoms with Gasteiger partial charge in [0, 0.05) is 33.0 Å². The van der Waals surface area contributed by atoms with Gasteiger partial charge in [0.15, 0.2) is 0 Å². The van der Waals surface area contributed by atoms with Crippen LogP contribution in [0.5, 0.6) is 0 Å². The molecule has 0 aromatic carbocycles. The lowest BCUT2D eigenvalue weighted by molar-refractivity contribution is 0.0944. The third-order valence-corrected chi connectivity index (χ3v) is 2.37. The largest absolute Gasteiger partial charge is 0.385 e. The standard InChI is InChI=1S/C13H22N4O2/c1-10(2)9-16-12(18)11-5-7-15-13(17-11)14-6-4-8-19-3/h5,7,10H,4,6,8-9H2,1-3H3,(H,16,18)(H,14,15,17). The van der Waals surface area contributed by atoms with Crippen LogP contribution in [0.25, 0.3) is 0 Å². The van der Waals surface area contributed by atoms with E-state index in [2.05, 4.69) is 20.6 Å². The maximum atomic E-state index is 11.8. The number of rotatable bonds is 8. The summed E-state index contributed by atoms with van der Waals surface area (Å²) in [5, 5.41) is 5.88. The number of hydrogen-bond donors (Lipinski definition) is 2. The molecular formula is C13H22N4O2. The minimum Gasteiger partial charge on any atom is -0.385 e. The molecule has 106 valence electrons. The van der Waals surface area contributed by atoms with Crippen LogP contribution in [0.2, 0.25) is 0 Å². The van der Waals surface area contributed by atoms with Crippen molar-refractivity contribution >= 4 is 11.9 Å². The molecule has 6 heteroatoms. The highest BCUT2D eigenvalue weighted by molar-refractivity contribution is 5.92. The highest BCUT2D eigenvalue weighted by Gasteiger charge is 2.08. The number of amides is 1. The van der Waals surface area contributed by atoms with Crippen molar-refractivity contribution in [2.75, 3.05) is 32.1 Å². The monoisotopic (exact) mass is 266 g/mol. The second-order valence-electron chi connectivity index (χ2n) is 4.64. The quantitative estimate of drug-likeness (QED) is 0.694. The Morgan fingerprint density at radius 3 is 2.95 bits per heavy atom. The summed E-state index contributed by atoms with van der Waals surface area (Å²) in [7, 11) is 1.66. The summed E-state index contributed by atoms with van der Waals surface area (Å²) in [6, 6.07) is 1.61. The fraction of sp³-hybridized carbons (Fsp3) is 0.615. The summed E-state index contributed by atoms with van der Waals surface area (Å²) in [5.74, 6) is 0.710. The van der Waals surface area contributed by atoms with Crippen molar-refractivity contribution in [2.24, 2.45) is 5.92 Å². The molecule has 1 heterocycles. The molecule has 0 fully saturated rings. The Hall–Kier alpha value is -1.69. The van der Waals surface area contributed by atoms with E-state index in [9.17, 15) is 4.79 Å². The predicted molar refractivity (Wildman–Crippen MR) is 74.2 cm³/mol. The first-order chi connectivity index (χ1) is 9.13. The van der Waals surface area contributed by atoms with Gasteiger partial charge in [-0.15, -0.1) is 0 Å². The van der Waals surface area contributed by atoms with Crippen molar-refractivity contribution in [1.29, 1.82) is 0 Å². The van der Waals surface area contributed by atoms with Crippen LogP contribution in [0.4, 0.5) is 5.95 Å². The van der Waals surface area contributed by atoms with Gasteiger partial charge in [0.2, 0.25) is 5.95 Å². The number of hydrogen-bond acceptors (Lipinski definition) is 5. The smallest absolute Gasteiger partial charge is 0.270 e. The topological polar surface area (TPSA) is 76.1 Å². The van der Waals surface area contributed by atoms with E-state index in [1.807, 2.05) is 13.8 Å². The molecule has 1 rings (SSSR count). The number of nitrogens with one attached hydrogen (secondary N) is 2. The Bertz CT molecular complexity index is 396. The van der Waals surface area contributed by atoms with Gasteiger partial charge in [-0.05, 0) is 18.4 Å². The van der Waals surface area contributed by atoms with Crippen molar-refractivity contribution in [1.82, 2.24) is 15.3 Å². The summed E-state index contributed by atoms with van der Waals surface area (Å²) in [4.78, 5) is 20.1. The van der Waals surface area contributed by atoms with Crippen molar-refractivity contribution < 1.29 is 9.53 Å². The summed E-state index contributed by atoms with van der Waals surface area (Å²) < 4.78 is 4.95. The first-order valence-corrected chi connectivity index (χ1v) is 6.47. The SMILES string of the molecule is COCCCNc1nccc(C(=O)NCC(C)C)n1. The summed E-state index contributed by atoms with van der Waals surface area (Å²) in [6.07, 6.45) is 2.44. The van der Waals surface area contributed by atoms with E-state index in [0.29, 0.717) is 37.3 Å². The molecule has 0 bridgehead atoms. The number of carbonyl (C=O) groups excluding carboxylic acids is 1. The molecule has 1 aromatic rings. The van der Waals surface area contributed by atoms with Gasteiger partial charge < -0.3 is 15.4 Å². The van der Waals surface area contributed by atoms with Crippen LogP contribution >= 0.6 is 0 Å². The van der Waals surface area contributed by atoms with Crippen molar-refractivity contribution in [2.45, 2.75) is 20.3 Å². The third-order valence-electron chi connectivity index (χ3n) is 2.37. The minimum atomic E-state index is -0.170. The second-order valence-corrected chi connectivity index (χ2v) is 4.64. The normalized spacial score (nSPS) is 10.5. The maximum Gasteiger partial charge on any atom is 0.270 e. The Labute approximate surface area is 114 Å². The average molecular weight is 266 g/mol. The van der Waals surface area contributed by atoms with Gasteiger partial charge in [-0.1, -0.05) is 13.8 Å². The Kier molecular flexibility index (Phi) is 6.81. The molecule has 0 atom stereocenters. The number of nitrogens with zero attached hydrogens (tertiary/aromatic N) is 2. The van der Waals surface area contributed by atoms with Gasteiger partial charge in [0.05, 0.1) is 0 Å². The van der Waals surface area contributed by atoms with E-state index >= 15 is 0 Å². The van der Waals surface area contributed by atoms with Crippen molar-refractivity contribution in [3.8, 4) is 0 Å². The Morgan fingerprint density at radius 2 is 2.26 bits per heavy atom. The highest BCUT2D eigenvalue weighted by atomic mass is 16.5. The lowest BCUT2D eigenvalue weighted by atomic mass is 10.2. The molecule has 0 aliphatic rings. The first kappa shape index (κ1) is 15.4. The molecule has 6 nitrogen and oxygen atoms in total. The molecule has 2 N–H and O–H groups in total. The summed E-state index contributed by atoms with van der Waals surface area (Å²) >= 11 is 0. The number of carbonyl (C=O) groups is 1. The highest BCUT2D eigenvalue weighted by Crippen LogP contribution is 2.01. The molecule has 1 amide bonds. The van der Waals surface area contributed by atoms with Gasteiger partial charge in [0.1, 0.15) is 5.69 Å². The Balaban J connectivity index is 2.49. The number of anilines is 1. The molecule has 0 aliphatic heterocycles. The van der Waals surface area contributed by atoms with Gasteiger partial charge in [-0.2, -0.15) is 0 Å². The lowest BCUT2D eigenvalue weighted by Gasteiger charge is -2.08. The summed E-state index contributed by atoms with van der Waals surface area (Å²) in [6.45, 7) is 6.12. The average Bonchev–Trinajstić information content (AvgIpc) is 2.41. The fourth-order valence-corrected chi connectivity index (χ4v) is 1.37. The van der Waals surface area contributed by atoms with Crippen LogP contribution in [0, 0.1) is 5.92 Å². The van der Waals surface area contributed by atoms with E-state index < -0.39 is 0 Å². The van der Waals surface area contributed by atoms with Crippen molar-refractivity contribution in [3.63, 3.8) is 0 Å². The molecular weight excluding hydrogens is 244 g/mol. The third kappa shape index (κ3) is 6.15. The molecule has 19 heavy (non-hydrogen) atoms. The van der Waals surface area contributed by atoms with Crippen LogP contribution in [0.3, 0.4) is 0 Å².